The number of esters is 1. The van der Waals surface area contributed by atoms with E-state index in [-0.39, 0.29) is 30.1 Å². The molecule has 0 aromatic heterocycles. The molecule has 3 aromatic rings. The van der Waals surface area contributed by atoms with Gasteiger partial charge in [-0.15, -0.1) is 0 Å². The Hall–Kier alpha value is -2.87. The maximum absolute atomic E-state index is 13.3. The second-order valence-corrected chi connectivity index (χ2v) is 6.92. The van der Waals surface area contributed by atoms with Crippen molar-refractivity contribution in [1.29, 1.82) is 0 Å². The van der Waals surface area contributed by atoms with Crippen molar-refractivity contribution in [2.45, 2.75) is 13.2 Å². The lowest BCUT2D eigenvalue weighted by Gasteiger charge is -2.12. The van der Waals surface area contributed by atoms with Gasteiger partial charge >= 0.3 is 5.97 Å². The molecular formula is C21H13BrF4O3. The number of carbonyl (C=O) groups excluding carboxylic acids is 1. The minimum Gasteiger partial charge on any atom is -0.488 e. The van der Waals surface area contributed by atoms with E-state index in [1.165, 1.54) is 24.3 Å². The highest BCUT2D eigenvalue weighted by Gasteiger charge is 2.16. The fourth-order valence-corrected chi connectivity index (χ4v) is 2.80. The van der Waals surface area contributed by atoms with Crippen LogP contribution in [0.25, 0.3) is 0 Å². The first kappa shape index (κ1) is 20.9. The van der Waals surface area contributed by atoms with Crippen LogP contribution in [0.1, 0.15) is 21.5 Å². The Morgan fingerprint density at radius 1 is 0.759 bits per heavy atom. The molecule has 0 saturated carbocycles. The molecule has 8 heteroatoms. The Balaban J connectivity index is 1.72. The Morgan fingerprint density at radius 3 is 1.93 bits per heavy atom. The number of hydrogen-bond acceptors (Lipinski definition) is 3. The SMILES string of the molecule is O=C(OCc1ccc(F)c(F)c1)c1cc(Br)ccc1OCc1ccc(F)c(F)c1. The first-order chi connectivity index (χ1) is 13.8. The van der Waals surface area contributed by atoms with Crippen molar-refractivity contribution in [3.05, 3.63) is 99.0 Å². The predicted octanol–water partition coefficient (Wildman–Crippen LogP) is 5.94. The molecule has 0 unspecified atom stereocenters. The summed E-state index contributed by atoms with van der Waals surface area (Å²) >= 11 is 3.25. The summed E-state index contributed by atoms with van der Waals surface area (Å²) in [5.41, 5.74) is 0.717. The van der Waals surface area contributed by atoms with E-state index >= 15 is 0 Å². The van der Waals surface area contributed by atoms with Crippen LogP contribution < -0.4 is 4.74 Å². The molecule has 0 fully saturated rings. The molecule has 3 rings (SSSR count). The Labute approximate surface area is 172 Å². The summed E-state index contributed by atoms with van der Waals surface area (Å²) in [5, 5.41) is 0. The van der Waals surface area contributed by atoms with Crippen molar-refractivity contribution in [3.8, 4) is 5.75 Å². The van der Waals surface area contributed by atoms with E-state index in [0.717, 1.165) is 24.3 Å². The topological polar surface area (TPSA) is 35.5 Å². The summed E-state index contributed by atoms with van der Waals surface area (Å²) in [6, 6.07) is 11.1. The first-order valence-corrected chi connectivity index (χ1v) is 9.10. The van der Waals surface area contributed by atoms with Crippen LogP contribution >= 0.6 is 15.9 Å². The number of halogens is 5. The van der Waals surface area contributed by atoms with Crippen molar-refractivity contribution in [1.82, 2.24) is 0 Å². The second kappa shape index (κ2) is 9.09. The summed E-state index contributed by atoms with van der Waals surface area (Å²) < 4.78 is 63.9. The van der Waals surface area contributed by atoms with Gasteiger partial charge < -0.3 is 9.47 Å². The molecule has 0 radical (unpaired) electrons. The van der Waals surface area contributed by atoms with Crippen LogP contribution in [0.3, 0.4) is 0 Å². The van der Waals surface area contributed by atoms with Gasteiger partial charge in [0.1, 0.15) is 24.5 Å². The molecule has 0 saturated heterocycles. The monoisotopic (exact) mass is 468 g/mol. The number of rotatable bonds is 6. The van der Waals surface area contributed by atoms with Gasteiger partial charge in [-0.1, -0.05) is 28.1 Å². The maximum Gasteiger partial charge on any atom is 0.342 e. The van der Waals surface area contributed by atoms with E-state index in [1.54, 1.807) is 6.07 Å². The molecule has 3 aromatic carbocycles. The largest absolute Gasteiger partial charge is 0.488 e. The van der Waals surface area contributed by atoms with E-state index in [1.807, 2.05) is 0 Å². The highest BCUT2D eigenvalue weighted by Crippen LogP contribution is 2.26. The minimum atomic E-state index is -1.04. The molecule has 0 aliphatic heterocycles. The number of ether oxygens (including phenoxy) is 2. The lowest BCUT2D eigenvalue weighted by Crippen LogP contribution is -2.09. The molecule has 0 bridgehead atoms. The fourth-order valence-electron chi connectivity index (χ4n) is 2.43. The van der Waals surface area contributed by atoms with Crippen LogP contribution in [0.2, 0.25) is 0 Å². The third-order valence-electron chi connectivity index (χ3n) is 3.89. The van der Waals surface area contributed by atoms with Gasteiger partial charge in [0, 0.05) is 4.47 Å². The summed E-state index contributed by atoms with van der Waals surface area (Å²) in [7, 11) is 0. The van der Waals surface area contributed by atoms with Gasteiger partial charge in [-0.25, -0.2) is 22.4 Å². The number of carbonyl (C=O) groups is 1. The molecule has 150 valence electrons. The highest BCUT2D eigenvalue weighted by molar-refractivity contribution is 9.10. The second-order valence-electron chi connectivity index (χ2n) is 6.00. The van der Waals surface area contributed by atoms with Crippen LogP contribution in [-0.4, -0.2) is 5.97 Å². The molecule has 0 aliphatic rings. The highest BCUT2D eigenvalue weighted by atomic mass is 79.9. The zero-order valence-corrected chi connectivity index (χ0v) is 16.3. The zero-order chi connectivity index (χ0) is 21.0. The van der Waals surface area contributed by atoms with E-state index in [0.29, 0.717) is 10.0 Å². The van der Waals surface area contributed by atoms with Gasteiger partial charge in [0.2, 0.25) is 0 Å². The summed E-state index contributed by atoms with van der Waals surface area (Å²) in [4.78, 5) is 12.5. The average Bonchev–Trinajstić information content (AvgIpc) is 2.70. The van der Waals surface area contributed by atoms with Crippen LogP contribution in [-0.2, 0) is 18.0 Å². The maximum atomic E-state index is 13.3. The van der Waals surface area contributed by atoms with Crippen LogP contribution in [0.4, 0.5) is 17.6 Å². The summed E-state index contributed by atoms with van der Waals surface area (Å²) in [5.74, 6) is -4.62. The molecule has 3 nitrogen and oxygen atoms in total. The third kappa shape index (κ3) is 5.35. The summed E-state index contributed by atoms with van der Waals surface area (Å²) in [6.45, 7) is -0.382. The van der Waals surface area contributed by atoms with Crippen LogP contribution in [0.5, 0.6) is 5.75 Å². The van der Waals surface area contributed by atoms with Crippen molar-refractivity contribution in [2.24, 2.45) is 0 Å². The van der Waals surface area contributed by atoms with E-state index in [9.17, 15) is 22.4 Å². The Bertz CT molecular complexity index is 1060. The zero-order valence-electron chi connectivity index (χ0n) is 14.7. The van der Waals surface area contributed by atoms with Crippen molar-refractivity contribution >= 4 is 21.9 Å². The molecule has 0 heterocycles. The molecule has 0 amide bonds. The number of hydrogen-bond donors (Lipinski definition) is 0. The molecule has 0 aliphatic carbocycles. The van der Waals surface area contributed by atoms with Gasteiger partial charge in [0.05, 0.1) is 0 Å². The normalized spacial score (nSPS) is 10.7. The van der Waals surface area contributed by atoms with Gasteiger partial charge in [0.15, 0.2) is 23.3 Å². The first-order valence-electron chi connectivity index (χ1n) is 8.31. The minimum absolute atomic E-state index is 0.0737. The molecule has 29 heavy (non-hydrogen) atoms. The number of benzene rings is 3. The molecule has 0 N–H and O–H groups in total. The lowest BCUT2D eigenvalue weighted by atomic mass is 10.2. The van der Waals surface area contributed by atoms with Gasteiger partial charge in [0.25, 0.3) is 0 Å². The van der Waals surface area contributed by atoms with Crippen LogP contribution in [0, 0.1) is 23.3 Å². The smallest absolute Gasteiger partial charge is 0.342 e. The molecular weight excluding hydrogens is 456 g/mol. The third-order valence-corrected chi connectivity index (χ3v) is 4.39. The Kier molecular flexibility index (Phi) is 6.53. The van der Waals surface area contributed by atoms with E-state index in [4.69, 9.17) is 9.47 Å². The van der Waals surface area contributed by atoms with E-state index < -0.39 is 29.2 Å². The lowest BCUT2D eigenvalue weighted by molar-refractivity contribution is 0.0467. The van der Waals surface area contributed by atoms with Crippen LogP contribution in [0.15, 0.2) is 59.1 Å². The van der Waals surface area contributed by atoms with Crippen molar-refractivity contribution < 1.29 is 31.8 Å². The van der Waals surface area contributed by atoms with Crippen molar-refractivity contribution in [2.75, 3.05) is 0 Å². The van der Waals surface area contributed by atoms with E-state index in [2.05, 4.69) is 15.9 Å². The van der Waals surface area contributed by atoms with Crippen molar-refractivity contribution in [3.63, 3.8) is 0 Å². The average molecular weight is 469 g/mol. The molecule has 0 atom stereocenters. The van der Waals surface area contributed by atoms with Gasteiger partial charge in [-0.05, 0) is 53.6 Å². The van der Waals surface area contributed by atoms with Gasteiger partial charge in [-0.3, -0.25) is 0 Å². The Morgan fingerprint density at radius 2 is 1.34 bits per heavy atom. The molecule has 0 spiro atoms. The quantitative estimate of drug-likeness (QED) is 0.331. The predicted molar refractivity (Wildman–Crippen MR) is 100 cm³/mol. The summed E-state index contributed by atoms with van der Waals surface area (Å²) in [6.07, 6.45) is 0. The fraction of sp³-hybridized carbons (Fsp3) is 0.0952. The van der Waals surface area contributed by atoms with Gasteiger partial charge in [-0.2, -0.15) is 0 Å². The standard InChI is InChI=1S/C21H13BrF4O3/c22-14-3-6-20(28-10-12-1-4-16(23)18(25)7-12)15(9-14)21(27)29-11-13-2-5-17(24)19(26)8-13/h1-9H,10-11H2.